The standard InChI is InChI=1S/C20H27N3O4/c1-13-8-7-11-16(23-19(26)27-20(2,3)4)18(25)21-12-14-9-5-6-10-15(14)22-17(13)24/h5-10,13,16H,11-12H2,1-4H3,(H,21,25)(H,22,24)(H,23,26)/b8-7+. The Morgan fingerprint density at radius 2 is 1.89 bits per heavy atom. The predicted molar refractivity (Wildman–Crippen MR) is 103 cm³/mol. The number of fused-ring (bicyclic) bond motifs is 1. The lowest BCUT2D eigenvalue weighted by molar-refractivity contribution is -0.123. The van der Waals surface area contributed by atoms with Crippen LogP contribution in [0.25, 0.3) is 0 Å². The molecule has 2 rings (SSSR count). The Hall–Kier alpha value is -2.83. The van der Waals surface area contributed by atoms with Gasteiger partial charge in [0.1, 0.15) is 11.6 Å². The van der Waals surface area contributed by atoms with Crippen molar-refractivity contribution >= 4 is 23.6 Å². The number of ether oxygens (including phenoxy) is 1. The van der Waals surface area contributed by atoms with Crippen molar-refractivity contribution in [3.63, 3.8) is 0 Å². The first-order valence-electron chi connectivity index (χ1n) is 8.98. The molecule has 2 unspecified atom stereocenters. The summed E-state index contributed by atoms with van der Waals surface area (Å²) in [5.74, 6) is -0.829. The second-order valence-corrected chi connectivity index (χ2v) is 7.52. The zero-order chi connectivity index (χ0) is 20.0. The Kier molecular flexibility index (Phi) is 6.60. The van der Waals surface area contributed by atoms with Gasteiger partial charge in [-0.25, -0.2) is 4.79 Å². The van der Waals surface area contributed by atoms with E-state index in [0.717, 1.165) is 5.56 Å². The van der Waals surface area contributed by atoms with E-state index in [1.165, 1.54) is 0 Å². The summed E-state index contributed by atoms with van der Waals surface area (Å²) in [6.07, 6.45) is 3.04. The number of alkyl carbamates (subject to hydrolysis) is 1. The first-order chi connectivity index (χ1) is 12.7. The van der Waals surface area contributed by atoms with Crippen LogP contribution in [0.1, 0.15) is 39.7 Å². The summed E-state index contributed by atoms with van der Waals surface area (Å²) in [6, 6.07) is 6.48. The second-order valence-electron chi connectivity index (χ2n) is 7.52. The largest absolute Gasteiger partial charge is 0.444 e. The average Bonchev–Trinajstić information content (AvgIpc) is 2.57. The molecule has 1 aromatic rings. The van der Waals surface area contributed by atoms with Gasteiger partial charge in [0.05, 0.1) is 5.92 Å². The molecule has 7 heteroatoms. The van der Waals surface area contributed by atoms with Gasteiger partial charge < -0.3 is 20.7 Å². The number of para-hydroxylation sites is 1. The van der Waals surface area contributed by atoms with Crippen molar-refractivity contribution in [3.05, 3.63) is 42.0 Å². The van der Waals surface area contributed by atoms with E-state index in [9.17, 15) is 14.4 Å². The van der Waals surface area contributed by atoms with Gasteiger partial charge in [-0.15, -0.1) is 0 Å². The first-order valence-corrected chi connectivity index (χ1v) is 8.98. The van der Waals surface area contributed by atoms with E-state index >= 15 is 0 Å². The van der Waals surface area contributed by atoms with Crippen LogP contribution in [-0.4, -0.2) is 29.6 Å². The van der Waals surface area contributed by atoms with E-state index in [4.69, 9.17) is 4.74 Å². The lowest BCUT2D eigenvalue weighted by Gasteiger charge is -2.23. The highest BCUT2D eigenvalue weighted by molar-refractivity contribution is 5.94. The molecule has 0 fully saturated rings. The summed E-state index contributed by atoms with van der Waals surface area (Å²) < 4.78 is 5.24. The number of anilines is 1. The van der Waals surface area contributed by atoms with Crippen molar-refractivity contribution in [2.24, 2.45) is 5.92 Å². The maximum atomic E-state index is 12.6. The highest BCUT2D eigenvalue weighted by atomic mass is 16.6. The van der Waals surface area contributed by atoms with Gasteiger partial charge >= 0.3 is 6.09 Å². The fraction of sp³-hybridized carbons (Fsp3) is 0.450. The highest BCUT2D eigenvalue weighted by Crippen LogP contribution is 2.17. The zero-order valence-corrected chi connectivity index (χ0v) is 16.2. The molecule has 1 aromatic carbocycles. The lowest BCUT2D eigenvalue weighted by atomic mass is 10.1. The molecule has 0 bridgehead atoms. The predicted octanol–water partition coefficient (Wildman–Crippen LogP) is 2.73. The second kappa shape index (κ2) is 8.70. The normalized spacial score (nSPS) is 22.2. The number of hydrogen-bond donors (Lipinski definition) is 3. The summed E-state index contributed by atoms with van der Waals surface area (Å²) in [5.41, 5.74) is 0.778. The highest BCUT2D eigenvalue weighted by Gasteiger charge is 2.24. The fourth-order valence-electron chi connectivity index (χ4n) is 2.54. The van der Waals surface area contributed by atoms with E-state index in [0.29, 0.717) is 5.69 Å². The minimum atomic E-state index is -0.794. The quantitative estimate of drug-likeness (QED) is 0.660. The molecule has 146 valence electrons. The summed E-state index contributed by atoms with van der Waals surface area (Å²) in [4.78, 5) is 37.0. The smallest absolute Gasteiger partial charge is 0.408 e. The summed E-state index contributed by atoms with van der Waals surface area (Å²) in [6.45, 7) is 7.27. The molecular weight excluding hydrogens is 346 g/mol. The SMILES string of the molecule is CC1/C=C/CC(NC(=O)OC(C)(C)C)C(=O)NCc2ccccc2NC1=O. The molecule has 0 saturated heterocycles. The molecule has 1 aliphatic rings. The third-order valence-corrected chi connectivity index (χ3v) is 3.95. The van der Waals surface area contributed by atoms with Crippen molar-refractivity contribution in [1.29, 1.82) is 0 Å². The molecule has 0 saturated carbocycles. The van der Waals surface area contributed by atoms with E-state index in [1.807, 2.05) is 18.2 Å². The van der Waals surface area contributed by atoms with Crippen molar-refractivity contribution in [2.75, 3.05) is 5.32 Å². The Morgan fingerprint density at radius 3 is 2.59 bits per heavy atom. The Bertz CT molecular complexity index is 737. The van der Waals surface area contributed by atoms with Gasteiger partial charge in [0.2, 0.25) is 11.8 Å². The summed E-state index contributed by atoms with van der Waals surface area (Å²) in [5, 5.41) is 8.29. The molecule has 1 heterocycles. The van der Waals surface area contributed by atoms with Crippen molar-refractivity contribution in [3.8, 4) is 0 Å². The number of hydrogen-bond acceptors (Lipinski definition) is 4. The maximum Gasteiger partial charge on any atom is 0.408 e. The van der Waals surface area contributed by atoms with E-state index in [2.05, 4.69) is 16.0 Å². The monoisotopic (exact) mass is 373 g/mol. The molecular formula is C20H27N3O4. The zero-order valence-electron chi connectivity index (χ0n) is 16.2. The summed E-state index contributed by atoms with van der Waals surface area (Å²) >= 11 is 0. The third-order valence-electron chi connectivity index (χ3n) is 3.95. The van der Waals surface area contributed by atoms with Crippen LogP contribution >= 0.6 is 0 Å². The Labute approximate surface area is 159 Å². The van der Waals surface area contributed by atoms with Gasteiger partial charge in [0.15, 0.2) is 0 Å². The number of carbonyl (C=O) groups excluding carboxylic acids is 3. The van der Waals surface area contributed by atoms with Gasteiger partial charge in [-0.05, 0) is 38.8 Å². The van der Waals surface area contributed by atoms with E-state index < -0.39 is 17.7 Å². The Morgan fingerprint density at radius 1 is 1.19 bits per heavy atom. The molecule has 0 radical (unpaired) electrons. The van der Waals surface area contributed by atoms with Gasteiger partial charge in [-0.2, -0.15) is 0 Å². The van der Waals surface area contributed by atoms with Crippen LogP contribution in [-0.2, 0) is 20.9 Å². The molecule has 3 amide bonds. The number of amides is 3. The van der Waals surface area contributed by atoms with Crippen LogP contribution in [0.3, 0.4) is 0 Å². The van der Waals surface area contributed by atoms with Crippen LogP contribution < -0.4 is 16.0 Å². The molecule has 1 aliphatic heterocycles. The Balaban J connectivity index is 2.20. The van der Waals surface area contributed by atoms with E-state index in [-0.39, 0.29) is 30.7 Å². The minimum absolute atomic E-state index is 0.137. The summed E-state index contributed by atoms with van der Waals surface area (Å²) in [7, 11) is 0. The van der Waals surface area contributed by atoms with Gasteiger partial charge in [0, 0.05) is 12.2 Å². The number of rotatable bonds is 1. The maximum absolute atomic E-state index is 12.6. The van der Waals surface area contributed by atoms with Crippen LogP contribution in [0, 0.1) is 5.92 Å². The lowest BCUT2D eigenvalue weighted by Crippen LogP contribution is -2.47. The number of benzene rings is 1. The van der Waals surface area contributed by atoms with Crippen molar-refractivity contribution in [1.82, 2.24) is 10.6 Å². The minimum Gasteiger partial charge on any atom is -0.444 e. The van der Waals surface area contributed by atoms with Crippen molar-refractivity contribution in [2.45, 2.75) is 52.3 Å². The molecule has 27 heavy (non-hydrogen) atoms. The average molecular weight is 373 g/mol. The first kappa shape index (κ1) is 20.5. The van der Waals surface area contributed by atoms with Crippen LogP contribution in [0.15, 0.2) is 36.4 Å². The number of carbonyl (C=O) groups is 3. The number of nitrogens with one attached hydrogen (secondary N) is 3. The van der Waals surface area contributed by atoms with Crippen molar-refractivity contribution < 1.29 is 19.1 Å². The topological polar surface area (TPSA) is 96.5 Å². The molecule has 0 aromatic heterocycles. The molecule has 2 atom stereocenters. The van der Waals surface area contributed by atoms with Crippen LogP contribution in [0.4, 0.5) is 10.5 Å². The van der Waals surface area contributed by atoms with Gasteiger partial charge in [-0.3, -0.25) is 9.59 Å². The molecule has 3 N–H and O–H groups in total. The third kappa shape index (κ3) is 6.44. The fourth-order valence-corrected chi connectivity index (χ4v) is 2.54. The molecule has 0 spiro atoms. The van der Waals surface area contributed by atoms with E-state index in [1.54, 1.807) is 45.9 Å². The molecule has 0 aliphatic carbocycles. The van der Waals surface area contributed by atoms with Crippen LogP contribution in [0.2, 0.25) is 0 Å². The van der Waals surface area contributed by atoms with Gasteiger partial charge in [0.25, 0.3) is 0 Å². The van der Waals surface area contributed by atoms with Gasteiger partial charge in [-0.1, -0.05) is 37.3 Å². The molecule has 7 nitrogen and oxygen atoms in total. The van der Waals surface area contributed by atoms with Crippen LogP contribution in [0.5, 0.6) is 0 Å².